The zero-order chi connectivity index (χ0) is 13.7. The fourth-order valence-electron chi connectivity index (χ4n) is 1.86. The number of aromatic nitrogens is 1. The average Bonchev–Trinajstić information content (AvgIpc) is 2.41. The molecule has 0 saturated carbocycles. The number of ether oxygens (including phenoxy) is 1. The summed E-state index contributed by atoms with van der Waals surface area (Å²) in [6.07, 6.45) is 1.70. The molecule has 0 amide bonds. The van der Waals surface area contributed by atoms with E-state index in [1.54, 1.807) is 18.3 Å². The molecule has 1 aromatic heterocycles. The molecule has 0 radical (unpaired) electrons. The molecule has 1 atom stereocenters. The van der Waals surface area contributed by atoms with Gasteiger partial charge in [-0.1, -0.05) is 12.1 Å². The summed E-state index contributed by atoms with van der Waals surface area (Å²) in [5.74, 6) is 0.861. The van der Waals surface area contributed by atoms with Crippen molar-refractivity contribution in [2.45, 2.75) is 19.9 Å². The number of benzene rings is 1. The maximum absolute atomic E-state index is 9.50. The highest BCUT2D eigenvalue weighted by atomic mass is 16.5. The van der Waals surface area contributed by atoms with E-state index in [2.05, 4.69) is 10.3 Å². The zero-order valence-corrected chi connectivity index (χ0v) is 11.1. The van der Waals surface area contributed by atoms with Crippen molar-refractivity contribution in [3.8, 4) is 11.6 Å². The minimum absolute atomic E-state index is 0.0514. The predicted molar refractivity (Wildman–Crippen MR) is 75.6 cm³/mol. The van der Waals surface area contributed by atoms with E-state index < -0.39 is 0 Å². The highest BCUT2D eigenvalue weighted by Crippen LogP contribution is 2.27. The van der Waals surface area contributed by atoms with Gasteiger partial charge in [-0.2, -0.15) is 0 Å². The Balaban J connectivity index is 2.16. The molecule has 1 unspecified atom stereocenters. The Hall–Kier alpha value is -2.23. The summed E-state index contributed by atoms with van der Waals surface area (Å²) in [5.41, 5.74) is 1.85. The van der Waals surface area contributed by atoms with E-state index in [0.29, 0.717) is 12.5 Å². The number of anilines is 1. The first kappa shape index (κ1) is 13.2. The van der Waals surface area contributed by atoms with Crippen LogP contribution in [0.2, 0.25) is 0 Å². The Morgan fingerprint density at radius 3 is 2.89 bits per heavy atom. The summed E-state index contributed by atoms with van der Waals surface area (Å²) in [6.45, 7) is 4.53. The van der Waals surface area contributed by atoms with Crippen LogP contribution in [0.1, 0.15) is 25.5 Å². The normalized spacial score (nSPS) is 11.9. The summed E-state index contributed by atoms with van der Waals surface area (Å²) in [6, 6.07) is 11.0. The number of aromatic hydroxyl groups is 1. The second-order valence-corrected chi connectivity index (χ2v) is 4.25. The van der Waals surface area contributed by atoms with Crippen molar-refractivity contribution >= 4 is 5.69 Å². The van der Waals surface area contributed by atoms with Crippen molar-refractivity contribution < 1.29 is 9.84 Å². The molecule has 0 saturated heterocycles. The summed E-state index contributed by atoms with van der Waals surface area (Å²) in [4.78, 5) is 4.20. The van der Waals surface area contributed by atoms with Gasteiger partial charge in [0.1, 0.15) is 5.75 Å². The number of hydrogen-bond acceptors (Lipinski definition) is 4. The van der Waals surface area contributed by atoms with Crippen LogP contribution in [0.15, 0.2) is 42.6 Å². The Kier molecular flexibility index (Phi) is 4.23. The zero-order valence-electron chi connectivity index (χ0n) is 11.1. The number of phenolic OH excluding ortho intramolecular Hbond substituents is 1. The summed E-state index contributed by atoms with van der Waals surface area (Å²) < 4.78 is 5.47. The molecular weight excluding hydrogens is 240 g/mol. The van der Waals surface area contributed by atoms with Crippen LogP contribution in [0.4, 0.5) is 5.69 Å². The Morgan fingerprint density at radius 1 is 1.32 bits per heavy atom. The molecule has 2 aromatic rings. The Morgan fingerprint density at radius 2 is 2.16 bits per heavy atom. The van der Waals surface area contributed by atoms with Gasteiger partial charge in [0.05, 0.1) is 12.3 Å². The van der Waals surface area contributed by atoms with Gasteiger partial charge in [0.2, 0.25) is 5.88 Å². The fourth-order valence-corrected chi connectivity index (χ4v) is 1.86. The van der Waals surface area contributed by atoms with Gasteiger partial charge in [0.15, 0.2) is 0 Å². The molecule has 0 aliphatic heterocycles. The first-order valence-corrected chi connectivity index (χ1v) is 6.34. The highest BCUT2D eigenvalue weighted by molar-refractivity contribution is 5.53. The quantitative estimate of drug-likeness (QED) is 0.863. The average molecular weight is 258 g/mol. The molecule has 2 rings (SSSR count). The lowest BCUT2D eigenvalue weighted by molar-refractivity contribution is 0.328. The number of hydrogen-bond donors (Lipinski definition) is 2. The van der Waals surface area contributed by atoms with Gasteiger partial charge in [-0.15, -0.1) is 0 Å². The second-order valence-electron chi connectivity index (χ2n) is 4.25. The van der Waals surface area contributed by atoms with Crippen molar-refractivity contribution in [1.29, 1.82) is 0 Å². The van der Waals surface area contributed by atoms with Crippen molar-refractivity contribution in [3.63, 3.8) is 0 Å². The van der Waals surface area contributed by atoms with E-state index in [9.17, 15) is 5.11 Å². The summed E-state index contributed by atoms with van der Waals surface area (Å²) >= 11 is 0. The molecule has 2 N–H and O–H groups in total. The maximum Gasteiger partial charge on any atom is 0.237 e. The molecule has 19 heavy (non-hydrogen) atoms. The smallest absolute Gasteiger partial charge is 0.237 e. The summed E-state index contributed by atoms with van der Waals surface area (Å²) in [7, 11) is 0. The van der Waals surface area contributed by atoms with E-state index in [1.807, 2.05) is 38.1 Å². The van der Waals surface area contributed by atoms with Crippen molar-refractivity contribution in [3.05, 3.63) is 48.2 Å². The standard InChI is InChI=1S/C15H18N2O2/c1-3-19-15-14(8-5-9-16-15)17-11(2)12-6-4-7-13(18)10-12/h4-11,17-18H,3H2,1-2H3. The third-order valence-electron chi connectivity index (χ3n) is 2.79. The molecular formula is C15H18N2O2. The van der Waals surface area contributed by atoms with E-state index in [-0.39, 0.29) is 11.8 Å². The number of nitrogens with zero attached hydrogens (tertiary/aromatic N) is 1. The van der Waals surface area contributed by atoms with E-state index in [4.69, 9.17) is 4.74 Å². The van der Waals surface area contributed by atoms with Crippen LogP contribution in [-0.2, 0) is 0 Å². The van der Waals surface area contributed by atoms with E-state index in [1.165, 1.54) is 0 Å². The molecule has 0 spiro atoms. The van der Waals surface area contributed by atoms with Crippen LogP contribution in [0.3, 0.4) is 0 Å². The van der Waals surface area contributed by atoms with Gasteiger partial charge < -0.3 is 15.2 Å². The van der Waals surface area contributed by atoms with Crippen molar-refractivity contribution in [2.24, 2.45) is 0 Å². The third kappa shape index (κ3) is 3.37. The van der Waals surface area contributed by atoms with Crippen LogP contribution in [0, 0.1) is 0 Å². The predicted octanol–water partition coefficient (Wildman–Crippen LogP) is 3.36. The van der Waals surface area contributed by atoms with E-state index >= 15 is 0 Å². The van der Waals surface area contributed by atoms with Gasteiger partial charge in [-0.25, -0.2) is 4.98 Å². The van der Waals surface area contributed by atoms with Gasteiger partial charge in [-0.3, -0.25) is 0 Å². The molecule has 1 heterocycles. The van der Waals surface area contributed by atoms with Gasteiger partial charge in [0, 0.05) is 12.2 Å². The molecule has 4 nitrogen and oxygen atoms in total. The lowest BCUT2D eigenvalue weighted by Gasteiger charge is -2.17. The first-order chi connectivity index (χ1) is 9.20. The van der Waals surface area contributed by atoms with Crippen LogP contribution in [0.25, 0.3) is 0 Å². The fraction of sp³-hybridized carbons (Fsp3) is 0.267. The van der Waals surface area contributed by atoms with E-state index in [0.717, 1.165) is 11.3 Å². The maximum atomic E-state index is 9.50. The van der Waals surface area contributed by atoms with Crippen LogP contribution < -0.4 is 10.1 Å². The molecule has 0 bridgehead atoms. The SMILES string of the molecule is CCOc1ncccc1NC(C)c1cccc(O)c1. The van der Waals surface area contributed by atoms with Crippen LogP contribution in [0.5, 0.6) is 11.6 Å². The van der Waals surface area contributed by atoms with Crippen LogP contribution in [-0.4, -0.2) is 16.7 Å². The van der Waals surface area contributed by atoms with Gasteiger partial charge in [-0.05, 0) is 43.7 Å². The lowest BCUT2D eigenvalue weighted by atomic mass is 10.1. The summed E-state index contributed by atoms with van der Waals surface area (Å²) in [5, 5.41) is 12.8. The monoisotopic (exact) mass is 258 g/mol. The Labute approximate surface area is 113 Å². The topological polar surface area (TPSA) is 54.4 Å². The minimum atomic E-state index is 0.0514. The Bertz CT molecular complexity index is 543. The largest absolute Gasteiger partial charge is 0.508 e. The second kappa shape index (κ2) is 6.09. The molecule has 100 valence electrons. The van der Waals surface area contributed by atoms with Gasteiger partial charge in [0.25, 0.3) is 0 Å². The van der Waals surface area contributed by atoms with Crippen molar-refractivity contribution in [2.75, 3.05) is 11.9 Å². The molecule has 1 aromatic carbocycles. The molecule has 0 fully saturated rings. The number of pyridine rings is 1. The molecule has 4 heteroatoms. The number of nitrogens with one attached hydrogen (secondary N) is 1. The third-order valence-corrected chi connectivity index (χ3v) is 2.79. The molecule has 0 aliphatic carbocycles. The molecule has 0 aliphatic rings. The van der Waals surface area contributed by atoms with Crippen molar-refractivity contribution in [1.82, 2.24) is 4.98 Å². The number of phenols is 1. The number of rotatable bonds is 5. The lowest BCUT2D eigenvalue weighted by Crippen LogP contribution is -2.08. The first-order valence-electron chi connectivity index (χ1n) is 6.34. The highest BCUT2D eigenvalue weighted by Gasteiger charge is 2.10. The van der Waals surface area contributed by atoms with Crippen LogP contribution >= 0.6 is 0 Å². The minimum Gasteiger partial charge on any atom is -0.508 e. The van der Waals surface area contributed by atoms with Gasteiger partial charge >= 0.3 is 0 Å².